The second-order valence-electron chi connectivity index (χ2n) is 4.65. The van der Waals surface area contributed by atoms with Gasteiger partial charge in [-0.1, -0.05) is 0 Å². The van der Waals surface area contributed by atoms with Crippen LogP contribution in [0.4, 0.5) is 0 Å². The molecule has 0 bridgehead atoms. The van der Waals surface area contributed by atoms with Crippen molar-refractivity contribution in [1.82, 2.24) is 24.5 Å². The summed E-state index contributed by atoms with van der Waals surface area (Å²) in [7, 11) is 1.79. The number of aromatic nitrogens is 4. The third-order valence-corrected chi connectivity index (χ3v) is 3.89. The Hall–Kier alpha value is -1.63. The zero-order valence-electron chi connectivity index (χ0n) is 11.9. The standard InChI is InChI=1S/C13H18BrN5O/c1-4-19-11(5-6-15-19)7-17(3)13(20)9-18-8-12(14)10(2)16-18/h5-6,8H,4,7,9H2,1-3H3. The van der Waals surface area contributed by atoms with Crippen molar-refractivity contribution in [2.24, 2.45) is 0 Å². The number of rotatable bonds is 5. The molecule has 0 spiro atoms. The van der Waals surface area contributed by atoms with Gasteiger partial charge in [0.05, 0.1) is 22.4 Å². The van der Waals surface area contributed by atoms with Gasteiger partial charge in [-0.3, -0.25) is 14.2 Å². The molecular weight excluding hydrogens is 322 g/mol. The first-order valence-electron chi connectivity index (χ1n) is 6.45. The van der Waals surface area contributed by atoms with E-state index in [4.69, 9.17) is 0 Å². The van der Waals surface area contributed by atoms with Crippen LogP contribution < -0.4 is 0 Å². The maximum absolute atomic E-state index is 12.2. The number of hydrogen-bond donors (Lipinski definition) is 0. The van der Waals surface area contributed by atoms with Gasteiger partial charge in [-0.15, -0.1) is 0 Å². The number of halogens is 1. The molecule has 0 aromatic carbocycles. The van der Waals surface area contributed by atoms with Crippen molar-refractivity contribution >= 4 is 21.8 Å². The van der Waals surface area contributed by atoms with E-state index in [9.17, 15) is 4.79 Å². The molecule has 0 saturated heterocycles. The topological polar surface area (TPSA) is 56.0 Å². The van der Waals surface area contributed by atoms with Crippen LogP contribution in [-0.2, 0) is 24.4 Å². The van der Waals surface area contributed by atoms with Crippen LogP contribution in [0.15, 0.2) is 22.9 Å². The first-order chi connectivity index (χ1) is 9.51. The average molecular weight is 340 g/mol. The molecule has 0 radical (unpaired) electrons. The monoisotopic (exact) mass is 339 g/mol. The number of aryl methyl sites for hydroxylation is 2. The lowest BCUT2D eigenvalue weighted by molar-refractivity contribution is -0.131. The van der Waals surface area contributed by atoms with E-state index in [1.54, 1.807) is 22.8 Å². The molecule has 20 heavy (non-hydrogen) atoms. The van der Waals surface area contributed by atoms with Crippen LogP contribution >= 0.6 is 15.9 Å². The summed E-state index contributed by atoms with van der Waals surface area (Å²) in [6.45, 7) is 5.52. The Morgan fingerprint density at radius 2 is 2.25 bits per heavy atom. The zero-order valence-corrected chi connectivity index (χ0v) is 13.5. The minimum Gasteiger partial charge on any atom is -0.338 e. The van der Waals surface area contributed by atoms with Crippen molar-refractivity contribution in [3.05, 3.63) is 34.3 Å². The lowest BCUT2D eigenvalue weighted by Gasteiger charge is -2.17. The van der Waals surface area contributed by atoms with E-state index in [1.165, 1.54) is 0 Å². The van der Waals surface area contributed by atoms with Gasteiger partial charge in [0.15, 0.2) is 0 Å². The molecular formula is C13H18BrN5O. The average Bonchev–Trinajstić information content (AvgIpc) is 2.96. The van der Waals surface area contributed by atoms with Crippen LogP contribution in [0, 0.1) is 6.92 Å². The number of likely N-dealkylation sites (N-methyl/N-ethyl adjacent to an activating group) is 1. The number of hydrogen-bond acceptors (Lipinski definition) is 3. The fourth-order valence-electron chi connectivity index (χ4n) is 1.94. The summed E-state index contributed by atoms with van der Waals surface area (Å²) in [6, 6.07) is 1.93. The van der Waals surface area contributed by atoms with Crippen LogP contribution in [0.1, 0.15) is 18.3 Å². The van der Waals surface area contributed by atoms with E-state index in [2.05, 4.69) is 26.1 Å². The Morgan fingerprint density at radius 1 is 1.50 bits per heavy atom. The van der Waals surface area contributed by atoms with E-state index in [1.807, 2.05) is 30.8 Å². The largest absolute Gasteiger partial charge is 0.338 e. The first kappa shape index (κ1) is 14.8. The molecule has 108 valence electrons. The van der Waals surface area contributed by atoms with Gasteiger partial charge in [0.1, 0.15) is 6.54 Å². The maximum Gasteiger partial charge on any atom is 0.244 e. The molecule has 0 saturated carbocycles. The van der Waals surface area contributed by atoms with E-state index >= 15 is 0 Å². The molecule has 0 aliphatic rings. The number of amides is 1. The minimum absolute atomic E-state index is 0.0175. The van der Waals surface area contributed by atoms with Crippen LogP contribution in [-0.4, -0.2) is 37.4 Å². The van der Waals surface area contributed by atoms with Crippen molar-refractivity contribution in [3.8, 4) is 0 Å². The van der Waals surface area contributed by atoms with Crippen LogP contribution in [0.5, 0.6) is 0 Å². The molecule has 0 N–H and O–H groups in total. The lowest BCUT2D eigenvalue weighted by atomic mass is 10.3. The molecule has 0 atom stereocenters. The van der Waals surface area contributed by atoms with Crippen molar-refractivity contribution in [3.63, 3.8) is 0 Å². The van der Waals surface area contributed by atoms with Gasteiger partial charge >= 0.3 is 0 Å². The molecule has 0 aliphatic heterocycles. The van der Waals surface area contributed by atoms with E-state index in [0.717, 1.165) is 22.4 Å². The highest BCUT2D eigenvalue weighted by molar-refractivity contribution is 9.10. The van der Waals surface area contributed by atoms with Gasteiger partial charge in [-0.2, -0.15) is 10.2 Å². The molecule has 2 heterocycles. The summed E-state index contributed by atoms with van der Waals surface area (Å²) in [5.74, 6) is 0.0175. The molecule has 0 aliphatic carbocycles. The SMILES string of the molecule is CCn1nccc1CN(C)C(=O)Cn1cc(Br)c(C)n1. The Labute approximate surface area is 126 Å². The summed E-state index contributed by atoms with van der Waals surface area (Å²) in [5, 5.41) is 8.47. The Kier molecular flexibility index (Phi) is 4.59. The summed E-state index contributed by atoms with van der Waals surface area (Å²) in [6.07, 6.45) is 3.57. The molecule has 2 aromatic heterocycles. The predicted molar refractivity (Wildman–Crippen MR) is 79.0 cm³/mol. The Bertz CT molecular complexity index is 584. The molecule has 0 unspecified atom stereocenters. The number of carbonyl (C=O) groups is 1. The van der Waals surface area contributed by atoms with Crippen LogP contribution in [0.2, 0.25) is 0 Å². The van der Waals surface area contributed by atoms with E-state index < -0.39 is 0 Å². The number of carbonyl (C=O) groups excluding carboxylic acids is 1. The zero-order chi connectivity index (χ0) is 14.7. The summed E-state index contributed by atoms with van der Waals surface area (Å²) < 4.78 is 4.45. The summed E-state index contributed by atoms with van der Waals surface area (Å²) in [4.78, 5) is 13.9. The quantitative estimate of drug-likeness (QED) is 0.834. The summed E-state index contributed by atoms with van der Waals surface area (Å²) in [5.41, 5.74) is 1.91. The molecule has 2 aromatic rings. The van der Waals surface area contributed by atoms with Gasteiger partial charge in [0.2, 0.25) is 5.91 Å². The third-order valence-electron chi connectivity index (χ3n) is 3.11. The maximum atomic E-state index is 12.2. The fraction of sp³-hybridized carbons (Fsp3) is 0.462. The Balaban J connectivity index is 1.98. The molecule has 2 rings (SSSR count). The van der Waals surface area contributed by atoms with Gasteiger partial charge in [0.25, 0.3) is 0 Å². The van der Waals surface area contributed by atoms with E-state index in [-0.39, 0.29) is 12.5 Å². The van der Waals surface area contributed by atoms with Gasteiger partial charge in [0, 0.05) is 26.0 Å². The summed E-state index contributed by atoms with van der Waals surface area (Å²) >= 11 is 3.39. The normalized spacial score (nSPS) is 10.8. The smallest absolute Gasteiger partial charge is 0.244 e. The highest BCUT2D eigenvalue weighted by atomic mass is 79.9. The fourth-order valence-corrected chi connectivity index (χ4v) is 2.26. The minimum atomic E-state index is 0.0175. The van der Waals surface area contributed by atoms with Crippen LogP contribution in [0.25, 0.3) is 0 Å². The lowest BCUT2D eigenvalue weighted by Crippen LogP contribution is -2.30. The van der Waals surface area contributed by atoms with Crippen molar-refractivity contribution in [2.75, 3.05) is 7.05 Å². The van der Waals surface area contributed by atoms with Crippen molar-refractivity contribution in [1.29, 1.82) is 0 Å². The Morgan fingerprint density at radius 3 is 2.85 bits per heavy atom. The van der Waals surface area contributed by atoms with Crippen molar-refractivity contribution in [2.45, 2.75) is 33.5 Å². The molecule has 1 amide bonds. The first-order valence-corrected chi connectivity index (χ1v) is 7.24. The van der Waals surface area contributed by atoms with Gasteiger partial charge in [-0.25, -0.2) is 0 Å². The second kappa shape index (κ2) is 6.21. The van der Waals surface area contributed by atoms with Crippen molar-refractivity contribution < 1.29 is 4.79 Å². The predicted octanol–water partition coefficient (Wildman–Crippen LogP) is 1.83. The van der Waals surface area contributed by atoms with Gasteiger partial charge < -0.3 is 4.90 Å². The second-order valence-corrected chi connectivity index (χ2v) is 5.50. The third kappa shape index (κ3) is 3.27. The molecule has 7 heteroatoms. The van der Waals surface area contributed by atoms with Gasteiger partial charge in [-0.05, 0) is 35.8 Å². The highest BCUT2D eigenvalue weighted by Gasteiger charge is 2.13. The molecule has 6 nitrogen and oxygen atoms in total. The van der Waals surface area contributed by atoms with E-state index in [0.29, 0.717) is 6.54 Å². The van der Waals surface area contributed by atoms with Crippen LogP contribution in [0.3, 0.4) is 0 Å². The molecule has 0 fully saturated rings. The highest BCUT2D eigenvalue weighted by Crippen LogP contribution is 2.13. The number of nitrogens with zero attached hydrogens (tertiary/aromatic N) is 5.